The van der Waals surface area contributed by atoms with Gasteiger partial charge in [0.05, 0.1) is 6.10 Å². The molecule has 1 rings (SSSR count). The minimum Gasteiger partial charge on any atom is -0.392 e. The molecular weight excluding hydrogens is 204 g/mol. The zero-order chi connectivity index (χ0) is 12.3. The minimum atomic E-state index is -0.471. The molecule has 1 amide bonds. The minimum absolute atomic E-state index is 0.0347. The molecule has 94 valence electrons. The van der Waals surface area contributed by atoms with Crippen LogP contribution in [0.25, 0.3) is 0 Å². The number of rotatable bonds is 3. The van der Waals surface area contributed by atoms with Gasteiger partial charge in [-0.05, 0) is 32.1 Å². The number of likely N-dealkylation sites (N-methyl/N-ethyl adjacent to an activating group) is 1. The van der Waals surface area contributed by atoms with Gasteiger partial charge >= 0.3 is 0 Å². The summed E-state index contributed by atoms with van der Waals surface area (Å²) in [7, 11) is 1.75. The van der Waals surface area contributed by atoms with E-state index < -0.39 is 6.10 Å². The third-order valence-electron chi connectivity index (χ3n) is 3.47. The standard InChI is InChI=1S/C12H24N2O2/c1-8-4-5-10(13)6-11(8)12(16)14(3)7-9(2)15/h8-11,15H,4-7,13H2,1-3H3. The Hall–Kier alpha value is -0.610. The van der Waals surface area contributed by atoms with E-state index in [0.717, 1.165) is 19.3 Å². The van der Waals surface area contributed by atoms with E-state index in [-0.39, 0.29) is 17.9 Å². The number of aliphatic hydroxyl groups excluding tert-OH is 1. The van der Waals surface area contributed by atoms with Gasteiger partial charge in [0.1, 0.15) is 0 Å². The number of hydrogen-bond acceptors (Lipinski definition) is 3. The van der Waals surface area contributed by atoms with Crippen LogP contribution >= 0.6 is 0 Å². The average molecular weight is 228 g/mol. The fourth-order valence-electron chi connectivity index (χ4n) is 2.47. The Labute approximate surface area is 97.8 Å². The molecule has 3 N–H and O–H groups in total. The molecule has 0 aliphatic heterocycles. The Balaban J connectivity index is 2.57. The maximum absolute atomic E-state index is 12.1. The van der Waals surface area contributed by atoms with Gasteiger partial charge in [0.2, 0.25) is 5.91 Å². The smallest absolute Gasteiger partial charge is 0.225 e. The van der Waals surface area contributed by atoms with Crippen LogP contribution in [-0.2, 0) is 4.79 Å². The van der Waals surface area contributed by atoms with Crippen molar-refractivity contribution >= 4 is 5.91 Å². The molecule has 16 heavy (non-hydrogen) atoms. The molecular formula is C12H24N2O2. The van der Waals surface area contributed by atoms with Crippen molar-refractivity contribution < 1.29 is 9.90 Å². The fourth-order valence-corrected chi connectivity index (χ4v) is 2.47. The van der Waals surface area contributed by atoms with Gasteiger partial charge in [-0.2, -0.15) is 0 Å². The number of amides is 1. The number of hydrogen-bond donors (Lipinski definition) is 2. The van der Waals surface area contributed by atoms with Gasteiger partial charge in [0.15, 0.2) is 0 Å². The molecule has 0 aromatic carbocycles. The van der Waals surface area contributed by atoms with Crippen LogP contribution in [0.2, 0.25) is 0 Å². The summed E-state index contributed by atoms with van der Waals surface area (Å²) in [6.07, 6.45) is 2.36. The first kappa shape index (κ1) is 13.5. The van der Waals surface area contributed by atoms with E-state index in [0.29, 0.717) is 12.5 Å². The summed E-state index contributed by atoms with van der Waals surface area (Å²) in [4.78, 5) is 13.8. The summed E-state index contributed by atoms with van der Waals surface area (Å²) in [5.74, 6) is 0.569. The van der Waals surface area contributed by atoms with Crippen LogP contribution in [0.15, 0.2) is 0 Å². The molecule has 4 unspecified atom stereocenters. The number of carbonyl (C=O) groups is 1. The van der Waals surface area contributed by atoms with Crippen molar-refractivity contribution in [2.75, 3.05) is 13.6 Å². The quantitative estimate of drug-likeness (QED) is 0.743. The van der Waals surface area contributed by atoms with E-state index >= 15 is 0 Å². The van der Waals surface area contributed by atoms with Crippen LogP contribution in [0.3, 0.4) is 0 Å². The van der Waals surface area contributed by atoms with Crippen molar-refractivity contribution in [3.63, 3.8) is 0 Å². The van der Waals surface area contributed by atoms with Gasteiger partial charge in [0.25, 0.3) is 0 Å². The van der Waals surface area contributed by atoms with Crippen molar-refractivity contribution in [1.29, 1.82) is 0 Å². The maximum Gasteiger partial charge on any atom is 0.225 e. The van der Waals surface area contributed by atoms with Gasteiger partial charge in [-0.1, -0.05) is 6.92 Å². The van der Waals surface area contributed by atoms with Crippen LogP contribution < -0.4 is 5.73 Å². The normalized spacial score (nSPS) is 32.2. The molecule has 4 heteroatoms. The van der Waals surface area contributed by atoms with Crippen LogP contribution in [0.4, 0.5) is 0 Å². The topological polar surface area (TPSA) is 66.6 Å². The van der Waals surface area contributed by atoms with Crippen molar-refractivity contribution in [3.05, 3.63) is 0 Å². The summed E-state index contributed by atoms with van der Waals surface area (Å²) in [5, 5.41) is 9.27. The van der Waals surface area contributed by atoms with E-state index in [1.54, 1.807) is 18.9 Å². The molecule has 0 bridgehead atoms. The van der Waals surface area contributed by atoms with Crippen molar-refractivity contribution in [3.8, 4) is 0 Å². The molecule has 0 aromatic heterocycles. The SMILES string of the molecule is CC(O)CN(C)C(=O)C1CC(N)CCC1C. The Morgan fingerprint density at radius 1 is 1.56 bits per heavy atom. The van der Waals surface area contributed by atoms with Crippen LogP contribution in [-0.4, -0.2) is 41.7 Å². The molecule has 1 aliphatic carbocycles. The highest BCUT2D eigenvalue weighted by molar-refractivity contribution is 5.79. The van der Waals surface area contributed by atoms with Gasteiger partial charge < -0.3 is 15.7 Å². The lowest BCUT2D eigenvalue weighted by atomic mass is 9.77. The van der Waals surface area contributed by atoms with Crippen LogP contribution in [0, 0.1) is 11.8 Å². The van der Waals surface area contributed by atoms with Crippen molar-refractivity contribution in [1.82, 2.24) is 4.90 Å². The first-order chi connectivity index (χ1) is 7.41. The molecule has 0 aromatic rings. The maximum atomic E-state index is 12.1. The fraction of sp³-hybridized carbons (Fsp3) is 0.917. The highest BCUT2D eigenvalue weighted by Gasteiger charge is 2.33. The molecule has 0 spiro atoms. The molecule has 4 nitrogen and oxygen atoms in total. The summed E-state index contributed by atoms with van der Waals surface area (Å²) in [6, 6.07) is 0.157. The second kappa shape index (κ2) is 5.64. The Morgan fingerprint density at radius 2 is 2.19 bits per heavy atom. The van der Waals surface area contributed by atoms with Crippen LogP contribution in [0.1, 0.15) is 33.1 Å². The molecule has 0 saturated heterocycles. The highest BCUT2D eigenvalue weighted by Crippen LogP contribution is 2.30. The number of carbonyl (C=O) groups excluding carboxylic acids is 1. The van der Waals surface area contributed by atoms with Gasteiger partial charge in [0, 0.05) is 25.6 Å². The lowest BCUT2D eigenvalue weighted by molar-refractivity contribution is -0.138. The Bertz CT molecular complexity index is 243. The molecule has 1 aliphatic rings. The predicted octanol–water partition coefficient (Wildman–Crippen LogP) is 0.589. The molecule has 0 heterocycles. The first-order valence-corrected chi connectivity index (χ1v) is 6.10. The summed E-state index contributed by atoms with van der Waals surface area (Å²) >= 11 is 0. The molecule has 1 saturated carbocycles. The first-order valence-electron chi connectivity index (χ1n) is 6.10. The Morgan fingerprint density at radius 3 is 2.75 bits per heavy atom. The largest absolute Gasteiger partial charge is 0.392 e. The van der Waals surface area contributed by atoms with Gasteiger partial charge in [-0.15, -0.1) is 0 Å². The summed E-state index contributed by atoms with van der Waals surface area (Å²) in [5.41, 5.74) is 5.91. The predicted molar refractivity (Wildman–Crippen MR) is 63.8 cm³/mol. The zero-order valence-electron chi connectivity index (χ0n) is 10.5. The van der Waals surface area contributed by atoms with Crippen LogP contribution in [0.5, 0.6) is 0 Å². The zero-order valence-corrected chi connectivity index (χ0v) is 10.5. The van der Waals surface area contributed by atoms with E-state index in [9.17, 15) is 9.90 Å². The Kier molecular flexibility index (Phi) is 4.74. The van der Waals surface area contributed by atoms with Crippen molar-refractivity contribution in [2.24, 2.45) is 17.6 Å². The van der Waals surface area contributed by atoms with E-state index in [4.69, 9.17) is 5.73 Å². The second-order valence-electron chi connectivity index (χ2n) is 5.22. The molecule has 4 atom stereocenters. The number of nitrogens with zero attached hydrogens (tertiary/aromatic N) is 1. The number of aliphatic hydroxyl groups is 1. The molecule has 1 fully saturated rings. The third kappa shape index (κ3) is 3.46. The van der Waals surface area contributed by atoms with Crippen molar-refractivity contribution in [2.45, 2.75) is 45.3 Å². The van der Waals surface area contributed by atoms with Gasteiger partial charge in [-0.25, -0.2) is 0 Å². The monoisotopic (exact) mass is 228 g/mol. The van der Waals surface area contributed by atoms with E-state index in [2.05, 4.69) is 6.92 Å². The van der Waals surface area contributed by atoms with E-state index in [1.165, 1.54) is 0 Å². The lowest BCUT2D eigenvalue weighted by Crippen LogP contribution is -2.44. The summed E-state index contributed by atoms with van der Waals surface area (Å²) in [6.45, 7) is 4.21. The summed E-state index contributed by atoms with van der Waals surface area (Å²) < 4.78 is 0. The average Bonchev–Trinajstić information content (AvgIpc) is 2.19. The number of nitrogens with two attached hydrogens (primary N) is 1. The molecule has 0 radical (unpaired) electrons. The highest BCUT2D eigenvalue weighted by atomic mass is 16.3. The second-order valence-corrected chi connectivity index (χ2v) is 5.22. The van der Waals surface area contributed by atoms with E-state index in [1.807, 2.05) is 0 Å². The third-order valence-corrected chi connectivity index (χ3v) is 3.47. The lowest BCUT2D eigenvalue weighted by Gasteiger charge is -2.34. The van der Waals surface area contributed by atoms with Gasteiger partial charge in [-0.3, -0.25) is 4.79 Å².